The second-order valence-corrected chi connectivity index (χ2v) is 3.80. The number of hydrogen-bond donors (Lipinski definition) is 3. The number of nitrogens with zero attached hydrogens (tertiary/aromatic N) is 2. The molecule has 0 unspecified atom stereocenters. The average Bonchev–Trinajstić information content (AvgIpc) is 2.34. The van der Waals surface area contributed by atoms with E-state index < -0.39 is 0 Å². The molecular formula is C10H19N5OS. The molecule has 0 atom stereocenters. The molecule has 0 spiro atoms. The maximum atomic E-state index is 11.7. The van der Waals surface area contributed by atoms with Gasteiger partial charge in [0, 0.05) is 26.0 Å². The lowest BCUT2D eigenvalue weighted by Crippen LogP contribution is -2.31. The van der Waals surface area contributed by atoms with E-state index in [0.29, 0.717) is 11.6 Å². The van der Waals surface area contributed by atoms with E-state index in [1.165, 1.54) is 12.4 Å². The molecule has 17 heavy (non-hydrogen) atoms. The first kappa shape index (κ1) is 15.7. The van der Waals surface area contributed by atoms with Crippen LogP contribution in [0.15, 0.2) is 22.4 Å². The Morgan fingerprint density at radius 3 is 2.82 bits per heavy atom. The van der Waals surface area contributed by atoms with Crippen LogP contribution in [-0.4, -0.2) is 43.7 Å². The summed E-state index contributed by atoms with van der Waals surface area (Å²) in [4.78, 5) is 19.4. The number of carbonyl (C=O) groups is 1. The summed E-state index contributed by atoms with van der Waals surface area (Å²) in [7, 11) is 3.50. The summed E-state index contributed by atoms with van der Waals surface area (Å²) in [5.41, 5.74) is 6.73. The third-order valence-electron chi connectivity index (χ3n) is 1.63. The number of aliphatic imine (C=N–C) groups is 2. The Labute approximate surface area is 106 Å². The molecule has 0 aromatic heterocycles. The summed E-state index contributed by atoms with van der Waals surface area (Å²) in [6.07, 6.45) is 3.52. The minimum absolute atomic E-state index is 0.218. The van der Waals surface area contributed by atoms with Gasteiger partial charge in [0.1, 0.15) is 0 Å². The highest BCUT2D eigenvalue weighted by atomic mass is 32.2. The Kier molecular flexibility index (Phi) is 10.3. The Morgan fingerprint density at radius 2 is 2.24 bits per heavy atom. The van der Waals surface area contributed by atoms with Crippen molar-refractivity contribution in [3.05, 3.63) is 12.4 Å². The van der Waals surface area contributed by atoms with E-state index in [1.807, 2.05) is 7.05 Å². The molecule has 0 saturated heterocycles. The van der Waals surface area contributed by atoms with Gasteiger partial charge in [0.2, 0.25) is 0 Å². The molecular weight excluding hydrogens is 238 g/mol. The number of nitrogens with one attached hydrogen (secondary N) is 2. The van der Waals surface area contributed by atoms with Crippen LogP contribution in [0.5, 0.6) is 0 Å². The highest BCUT2D eigenvalue weighted by molar-refractivity contribution is 8.26. The lowest BCUT2D eigenvalue weighted by atomic mass is 10.4. The third kappa shape index (κ3) is 8.47. The number of thioether (sulfide) groups is 1. The largest absolute Gasteiger partial charge is 0.403 e. The number of hydrogen-bond acceptors (Lipinski definition) is 6. The van der Waals surface area contributed by atoms with Crippen molar-refractivity contribution in [3.63, 3.8) is 0 Å². The van der Waals surface area contributed by atoms with Gasteiger partial charge in [0.15, 0.2) is 5.04 Å². The van der Waals surface area contributed by atoms with Crippen molar-refractivity contribution in [2.24, 2.45) is 15.7 Å². The number of carbonyl (C=O) groups excluding carboxylic acids is 1. The lowest BCUT2D eigenvalue weighted by Gasteiger charge is -2.04. The molecule has 0 heterocycles. The lowest BCUT2D eigenvalue weighted by molar-refractivity contribution is -0.114. The van der Waals surface area contributed by atoms with E-state index in [1.54, 1.807) is 12.6 Å². The molecule has 0 saturated carbocycles. The van der Waals surface area contributed by atoms with Gasteiger partial charge in [-0.1, -0.05) is 11.8 Å². The zero-order valence-corrected chi connectivity index (χ0v) is 11.0. The van der Waals surface area contributed by atoms with Crippen LogP contribution >= 0.6 is 11.8 Å². The van der Waals surface area contributed by atoms with Gasteiger partial charge in [-0.15, -0.1) is 0 Å². The summed E-state index contributed by atoms with van der Waals surface area (Å²) in [6, 6.07) is 0. The van der Waals surface area contributed by atoms with E-state index in [-0.39, 0.29) is 5.91 Å². The molecule has 0 rings (SSSR count). The molecule has 4 N–H and O–H groups in total. The molecule has 0 aliphatic carbocycles. The smallest absolute Gasteiger partial charge is 0.276 e. The van der Waals surface area contributed by atoms with Crippen LogP contribution < -0.4 is 16.4 Å². The maximum Gasteiger partial charge on any atom is 0.276 e. The highest BCUT2D eigenvalue weighted by Crippen LogP contribution is 2.01. The fourth-order valence-corrected chi connectivity index (χ4v) is 1.40. The Hall–Kier alpha value is -1.34. The van der Waals surface area contributed by atoms with Crippen molar-refractivity contribution in [2.45, 2.75) is 6.42 Å². The van der Waals surface area contributed by atoms with Crippen LogP contribution in [0.2, 0.25) is 0 Å². The Bertz CT molecular complexity index is 301. The molecule has 0 aromatic rings. The first-order chi connectivity index (χ1) is 8.26. The van der Waals surface area contributed by atoms with E-state index >= 15 is 0 Å². The number of nitrogens with two attached hydrogens (primary N) is 1. The van der Waals surface area contributed by atoms with Gasteiger partial charge in [-0.25, -0.2) is 4.99 Å². The summed E-state index contributed by atoms with van der Waals surface area (Å²) in [5.74, 6) is -0.218. The highest BCUT2D eigenvalue weighted by Gasteiger charge is 2.09. The van der Waals surface area contributed by atoms with E-state index in [0.717, 1.165) is 24.7 Å². The number of amides is 1. The third-order valence-corrected chi connectivity index (χ3v) is 2.46. The first-order valence-electron chi connectivity index (χ1n) is 5.20. The van der Waals surface area contributed by atoms with Crippen molar-refractivity contribution in [1.29, 1.82) is 0 Å². The molecule has 0 aromatic carbocycles. The molecule has 1 amide bonds. The Morgan fingerprint density at radius 1 is 1.47 bits per heavy atom. The van der Waals surface area contributed by atoms with Crippen LogP contribution in [0.1, 0.15) is 6.42 Å². The van der Waals surface area contributed by atoms with Gasteiger partial charge >= 0.3 is 0 Å². The van der Waals surface area contributed by atoms with Crippen molar-refractivity contribution in [1.82, 2.24) is 10.6 Å². The molecule has 0 fully saturated rings. The maximum absolute atomic E-state index is 11.7. The second kappa shape index (κ2) is 11.2. The van der Waals surface area contributed by atoms with Crippen LogP contribution in [-0.2, 0) is 4.79 Å². The molecule has 0 radical (unpaired) electrons. The van der Waals surface area contributed by atoms with Gasteiger partial charge in [-0.2, -0.15) is 0 Å². The fraction of sp³-hybridized carbons (Fsp3) is 0.500. The van der Waals surface area contributed by atoms with Crippen molar-refractivity contribution in [2.75, 3.05) is 27.2 Å². The van der Waals surface area contributed by atoms with Crippen molar-refractivity contribution < 1.29 is 4.79 Å². The molecule has 0 aliphatic rings. The quantitative estimate of drug-likeness (QED) is 0.353. The second-order valence-electron chi connectivity index (χ2n) is 2.97. The minimum atomic E-state index is -0.218. The first-order valence-corrected chi connectivity index (χ1v) is 6.08. The van der Waals surface area contributed by atoms with Crippen molar-refractivity contribution >= 4 is 28.3 Å². The standard InChI is InChI=1S/C10H19N5OS/c1-12-5-3-6-14-9(16)10(15-7-4-11)17-8-13-2/h4,7-8,12H,3,5-6,11H2,1-2H3,(H,14,16)/b7-4+,13-8?,15-10?. The topological polar surface area (TPSA) is 91.9 Å². The average molecular weight is 257 g/mol. The fourth-order valence-electron chi connectivity index (χ4n) is 0.899. The van der Waals surface area contributed by atoms with Gasteiger partial charge in [-0.05, 0) is 20.0 Å². The van der Waals surface area contributed by atoms with E-state index in [9.17, 15) is 4.79 Å². The van der Waals surface area contributed by atoms with Gasteiger partial charge < -0.3 is 16.4 Å². The summed E-state index contributed by atoms with van der Waals surface area (Å²) < 4.78 is 0. The summed E-state index contributed by atoms with van der Waals surface area (Å²) >= 11 is 1.16. The Balaban J connectivity index is 4.22. The normalized spacial score (nSPS) is 12.5. The van der Waals surface area contributed by atoms with Gasteiger partial charge in [0.25, 0.3) is 5.91 Å². The van der Waals surface area contributed by atoms with Crippen molar-refractivity contribution in [3.8, 4) is 0 Å². The minimum Gasteiger partial charge on any atom is -0.403 e. The molecule has 0 bridgehead atoms. The van der Waals surface area contributed by atoms with Gasteiger partial charge in [-0.3, -0.25) is 9.79 Å². The van der Waals surface area contributed by atoms with Gasteiger partial charge in [0.05, 0.1) is 5.55 Å². The summed E-state index contributed by atoms with van der Waals surface area (Å²) in [6.45, 7) is 1.47. The van der Waals surface area contributed by atoms with Crippen LogP contribution in [0, 0.1) is 0 Å². The van der Waals surface area contributed by atoms with E-state index in [4.69, 9.17) is 5.73 Å². The predicted molar refractivity (Wildman–Crippen MR) is 74.3 cm³/mol. The molecule has 0 aliphatic heterocycles. The SMILES string of the molecule is CN=CSC(=N/C=C/N)C(=O)NCCCNC. The molecule has 7 heteroatoms. The predicted octanol–water partition coefficient (Wildman–Crippen LogP) is -0.0682. The van der Waals surface area contributed by atoms with Crippen LogP contribution in [0.25, 0.3) is 0 Å². The van der Waals surface area contributed by atoms with E-state index in [2.05, 4.69) is 20.6 Å². The van der Waals surface area contributed by atoms with Crippen LogP contribution in [0.3, 0.4) is 0 Å². The zero-order valence-electron chi connectivity index (χ0n) is 10.1. The summed E-state index contributed by atoms with van der Waals surface area (Å²) in [5, 5.41) is 6.09. The van der Waals surface area contributed by atoms with Crippen LogP contribution in [0.4, 0.5) is 0 Å². The molecule has 96 valence electrons. The number of rotatable bonds is 6. The molecule has 6 nitrogen and oxygen atoms in total. The monoisotopic (exact) mass is 257 g/mol. The zero-order chi connectivity index (χ0) is 12.9.